The largest absolute Gasteiger partial charge is 0.331 e. The van der Waals surface area contributed by atoms with Gasteiger partial charge >= 0.3 is 0 Å². The van der Waals surface area contributed by atoms with E-state index in [1.807, 2.05) is 0 Å². The molecule has 1 aromatic carbocycles. The summed E-state index contributed by atoms with van der Waals surface area (Å²) in [6.45, 7) is 6.94. The van der Waals surface area contributed by atoms with Crippen LogP contribution in [0.3, 0.4) is 0 Å². The third-order valence-corrected chi connectivity index (χ3v) is 5.23. The summed E-state index contributed by atoms with van der Waals surface area (Å²) in [5.74, 6) is 1.48. The predicted molar refractivity (Wildman–Crippen MR) is 83.1 cm³/mol. The van der Waals surface area contributed by atoms with E-state index >= 15 is 0 Å². The number of imidazole rings is 1. The fraction of sp³-hybridized carbons (Fsp3) is 0.562. The van der Waals surface area contributed by atoms with E-state index < -0.39 is 0 Å². The molecule has 2 aromatic rings. The number of benzene rings is 1. The fourth-order valence-electron chi connectivity index (χ4n) is 3.59. The van der Waals surface area contributed by atoms with Gasteiger partial charge in [-0.2, -0.15) is 0 Å². The second-order valence-corrected chi connectivity index (χ2v) is 6.49. The first-order valence-corrected chi connectivity index (χ1v) is 7.70. The van der Waals surface area contributed by atoms with Gasteiger partial charge in [0.25, 0.3) is 0 Å². The molecular formula is C16H22N2S. The number of fused-ring (bicyclic) bond motifs is 1. The topological polar surface area (TPSA) is 20.7 Å². The average molecular weight is 274 g/mol. The molecule has 0 aliphatic heterocycles. The summed E-state index contributed by atoms with van der Waals surface area (Å²) in [4.78, 5) is 3.38. The summed E-state index contributed by atoms with van der Waals surface area (Å²) in [5, 5.41) is 0. The highest BCUT2D eigenvalue weighted by molar-refractivity contribution is 7.71. The highest BCUT2D eigenvalue weighted by atomic mass is 32.1. The van der Waals surface area contributed by atoms with Crippen LogP contribution in [0.1, 0.15) is 44.7 Å². The van der Waals surface area contributed by atoms with E-state index in [9.17, 15) is 0 Å². The van der Waals surface area contributed by atoms with Gasteiger partial charge in [0.2, 0.25) is 0 Å². The molecule has 2 nitrogen and oxygen atoms in total. The van der Waals surface area contributed by atoms with Gasteiger partial charge in [-0.15, -0.1) is 0 Å². The Labute approximate surface area is 119 Å². The molecule has 1 aliphatic carbocycles. The first-order chi connectivity index (χ1) is 9.09. The third-order valence-electron chi connectivity index (χ3n) is 4.93. The normalized spacial score (nSPS) is 27.8. The smallest absolute Gasteiger partial charge is 0.178 e. The molecule has 1 aromatic heterocycles. The van der Waals surface area contributed by atoms with E-state index in [0.29, 0.717) is 12.0 Å². The highest BCUT2D eigenvalue weighted by Crippen LogP contribution is 2.39. The van der Waals surface area contributed by atoms with Gasteiger partial charge in [-0.05, 0) is 49.0 Å². The summed E-state index contributed by atoms with van der Waals surface area (Å²) >= 11 is 5.59. The lowest BCUT2D eigenvalue weighted by atomic mass is 9.78. The molecule has 1 saturated carbocycles. The quantitative estimate of drug-likeness (QED) is 0.725. The Kier molecular flexibility index (Phi) is 3.25. The zero-order valence-electron chi connectivity index (χ0n) is 11.9. The Hall–Kier alpha value is -1.09. The molecule has 0 bridgehead atoms. The Morgan fingerprint density at radius 2 is 2.05 bits per heavy atom. The summed E-state index contributed by atoms with van der Waals surface area (Å²) in [6.07, 6.45) is 3.92. The van der Waals surface area contributed by atoms with Crippen molar-refractivity contribution < 1.29 is 0 Å². The van der Waals surface area contributed by atoms with Crippen LogP contribution >= 0.6 is 12.2 Å². The molecule has 0 spiro atoms. The Morgan fingerprint density at radius 1 is 1.26 bits per heavy atom. The molecule has 3 heteroatoms. The number of hydrogen-bond acceptors (Lipinski definition) is 1. The molecule has 3 atom stereocenters. The molecular weight excluding hydrogens is 252 g/mol. The minimum Gasteiger partial charge on any atom is -0.331 e. The maximum atomic E-state index is 5.59. The first-order valence-electron chi connectivity index (χ1n) is 7.29. The van der Waals surface area contributed by atoms with Crippen molar-refractivity contribution in [2.24, 2.45) is 11.8 Å². The number of aromatic amines is 1. The van der Waals surface area contributed by atoms with E-state index in [1.165, 1.54) is 35.9 Å². The lowest BCUT2D eigenvalue weighted by Gasteiger charge is -2.35. The number of nitrogens with one attached hydrogen (secondary N) is 1. The number of hydrogen-bond donors (Lipinski definition) is 1. The first kappa shape index (κ1) is 12.9. The minimum atomic E-state index is 0.547. The number of aromatic nitrogens is 2. The summed E-state index contributed by atoms with van der Waals surface area (Å²) < 4.78 is 3.27. The molecule has 0 radical (unpaired) electrons. The molecule has 19 heavy (non-hydrogen) atoms. The predicted octanol–water partition coefficient (Wildman–Crippen LogP) is 5.00. The summed E-state index contributed by atoms with van der Waals surface area (Å²) in [6, 6.07) is 6.95. The third kappa shape index (κ3) is 2.04. The lowest BCUT2D eigenvalue weighted by molar-refractivity contribution is 0.188. The maximum absolute atomic E-state index is 5.59. The molecule has 1 N–H and O–H groups in total. The second-order valence-electron chi connectivity index (χ2n) is 6.11. The van der Waals surface area contributed by atoms with Gasteiger partial charge in [-0.25, -0.2) is 0 Å². The summed E-state index contributed by atoms with van der Waals surface area (Å²) in [7, 11) is 0. The molecule has 0 saturated heterocycles. The maximum Gasteiger partial charge on any atom is 0.178 e. The fourth-order valence-corrected chi connectivity index (χ4v) is 3.93. The number of nitrogens with zero attached hydrogens (tertiary/aromatic N) is 1. The van der Waals surface area contributed by atoms with Crippen molar-refractivity contribution in [3.8, 4) is 0 Å². The minimum absolute atomic E-state index is 0.547. The van der Waals surface area contributed by atoms with E-state index in [0.717, 1.165) is 10.7 Å². The molecule has 3 unspecified atom stereocenters. The van der Waals surface area contributed by atoms with Crippen LogP contribution in [0.5, 0.6) is 0 Å². The lowest BCUT2D eigenvalue weighted by Crippen LogP contribution is -2.27. The summed E-state index contributed by atoms with van der Waals surface area (Å²) in [5.41, 5.74) is 3.80. The number of para-hydroxylation sites is 1. The number of rotatable bonds is 1. The van der Waals surface area contributed by atoms with Crippen molar-refractivity contribution >= 4 is 23.3 Å². The van der Waals surface area contributed by atoms with Crippen molar-refractivity contribution in [3.63, 3.8) is 0 Å². The molecule has 1 fully saturated rings. The van der Waals surface area contributed by atoms with E-state index in [-0.39, 0.29) is 0 Å². The van der Waals surface area contributed by atoms with Crippen molar-refractivity contribution in [1.82, 2.24) is 9.55 Å². The molecule has 1 heterocycles. The molecule has 1 aliphatic rings. The average Bonchev–Trinajstić information content (AvgIpc) is 2.71. The second kappa shape index (κ2) is 4.78. The van der Waals surface area contributed by atoms with E-state index in [4.69, 9.17) is 12.2 Å². The number of H-pyrrole nitrogens is 1. The monoisotopic (exact) mass is 274 g/mol. The van der Waals surface area contributed by atoms with Crippen LogP contribution in [-0.4, -0.2) is 9.55 Å². The Morgan fingerprint density at radius 3 is 2.84 bits per heavy atom. The zero-order chi connectivity index (χ0) is 13.6. The van der Waals surface area contributed by atoms with Gasteiger partial charge in [0.1, 0.15) is 0 Å². The molecule has 3 rings (SSSR count). The van der Waals surface area contributed by atoms with Crippen LogP contribution in [-0.2, 0) is 0 Å². The van der Waals surface area contributed by atoms with Crippen molar-refractivity contribution in [1.29, 1.82) is 0 Å². The van der Waals surface area contributed by atoms with Gasteiger partial charge in [0.05, 0.1) is 11.0 Å². The Balaban J connectivity index is 2.19. The zero-order valence-corrected chi connectivity index (χ0v) is 12.8. The van der Waals surface area contributed by atoms with Crippen LogP contribution in [0, 0.1) is 23.5 Å². The van der Waals surface area contributed by atoms with Gasteiger partial charge in [0.15, 0.2) is 4.77 Å². The number of aryl methyl sites for hydroxylation is 1. The van der Waals surface area contributed by atoms with Crippen LogP contribution in [0.2, 0.25) is 0 Å². The molecule has 102 valence electrons. The SMILES string of the molecule is Cc1cccc2[nH]c(=S)n(C3CCCC(C)C3C)c12. The van der Waals surface area contributed by atoms with E-state index in [2.05, 4.69) is 48.5 Å². The highest BCUT2D eigenvalue weighted by Gasteiger charge is 2.29. The molecule has 0 amide bonds. The van der Waals surface area contributed by atoms with Gasteiger partial charge in [-0.3, -0.25) is 0 Å². The Bertz CT molecular complexity index is 652. The van der Waals surface area contributed by atoms with E-state index in [1.54, 1.807) is 0 Å². The van der Waals surface area contributed by atoms with Gasteiger partial charge in [0, 0.05) is 6.04 Å². The standard InChI is InChI=1S/C16H22N2S/c1-10-6-5-9-14(12(10)3)18-15-11(2)7-4-8-13(15)17-16(18)19/h4,7-8,10,12,14H,5-6,9H2,1-3H3,(H,17,19). The van der Waals surface area contributed by atoms with Crippen LogP contribution in [0.15, 0.2) is 18.2 Å². The van der Waals surface area contributed by atoms with Gasteiger partial charge in [-0.1, -0.05) is 38.8 Å². The van der Waals surface area contributed by atoms with Crippen LogP contribution < -0.4 is 0 Å². The van der Waals surface area contributed by atoms with Crippen molar-refractivity contribution in [2.45, 2.75) is 46.1 Å². The van der Waals surface area contributed by atoms with Crippen molar-refractivity contribution in [3.05, 3.63) is 28.5 Å². The van der Waals surface area contributed by atoms with Gasteiger partial charge < -0.3 is 9.55 Å². The van der Waals surface area contributed by atoms with Crippen molar-refractivity contribution in [2.75, 3.05) is 0 Å². The van der Waals surface area contributed by atoms with Crippen LogP contribution in [0.25, 0.3) is 11.0 Å². The van der Waals surface area contributed by atoms with Crippen LogP contribution in [0.4, 0.5) is 0 Å².